The van der Waals surface area contributed by atoms with Crippen molar-refractivity contribution in [3.8, 4) is 5.75 Å². The minimum atomic E-state index is -0.399. The average Bonchev–Trinajstić information content (AvgIpc) is 2.57. The summed E-state index contributed by atoms with van der Waals surface area (Å²) in [6.07, 6.45) is 4.83. The van der Waals surface area contributed by atoms with E-state index in [1.165, 1.54) is 31.4 Å². The Morgan fingerprint density at radius 1 is 1.16 bits per heavy atom. The van der Waals surface area contributed by atoms with Crippen LogP contribution in [0.1, 0.15) is 39.5 Å². The molecule has 3 saturated carbocycles. The molecule has 1 aromatic rings. The van der Waals surface area contributed by atoms with E-state index in [0.29, 0.717) is 38.8 Å². The number of fused-ring (bicyclic) bond motifs is 2. The average molecular weight is 406 g/mol. The number of carbonyl (C=O) groups excluding carboxylic acids is 1. The van der Waals surface area contributed by atoms with E-state index in [1.807, 2.05) is 0 Å². The Balaban J connectivity index is 1.41. The summed E-state index contributed by atoms with van der Waals surface area (Å²) in [5, 5.41) is 0.981. The predicted molar refractivity (Wildman–Crippen MR) is 101 cm³/mol. The lowest BCUT2D eigenvalue weighted by molar-refractivity contribution is -0.148. The Labute approximate surface area is 163 Å². The molecule has 3 unspecified atom stereocenters. The number of halogens is 3. The maximum absolute atomic E-state index is 11.9. The maximum atomic E-state index is 11.9. The molecule has 25 heavy (non-hydrogen) atoms. The van der Waals surface area contributed by atoms with E-state index in [-0.39, 0.29) is 6.61 Å². The molecular formula is C19H23Cl3O3. The van der Waals surface area contributed by atoms with Gasteiger partial charge in [0.15, 0.2) is 6.61 Å². The van der Waals surface area contributed by atoms with Crippen LogP contribution in [0.5, 0.6) is 5.75 Å². The third kappa shape index (κ3) is 4.04. The van der Waals surface area contributed by atoms with Crippen molar-refractivity contribution in [3.63, 3.8) is 0 Å². The Morgan fingerprint density at radius 3 is 2.56 bits per heavy atom. The summed E-state index contributed by atoms with van der Waals surface area (Å²) >= 11 is 17.8. The minimum Gasteiger partial charge on any atom is -0.480 e. The zero-order valence-corrected chi connectivity index (χ0v) is 16.8. The molecule has 0 aromatic heterocycles. The zero-order valence-electron chi connectivity index (χ0n) is 14.5. The first kappa shape index (κ1) is 19.1. The number of ether oxygens (including phenoxy) is 2. The van der Waals surface area contributed by atoms with E-state index in [1.54, 1.807) is 0 Å². The van der Waals surface area contributed by atoms with Crippen LogP contribution in [-0.4, -0.2) is 19.2 Å². The molecular weight excluding hydrogens is 383 g/mol. The molecule has 3 atom stereocenters. The highest BCUT2D eigenvalue weighted by Gasteiger charge is 2.53. The molecule has 1 aromatic carbocycles. The van der Waals surface area contributed by atoms with Gasteiger partial charge in [0.2, 0.25) is 0 Å². The summed E-state index contributed by atoms with van der Waals surface area (Å²) in [5.74, 6) is 2.25. The van der Waals surface area contributed by atoms with Gasteiger partial charge in [-0.3, -0.25) is 0 Å². The fraction of sp³-hybridized carbons (Fsp3) is 0.632. The number of esters is 1. The number of benzene rings is 1. The van der Waals surface area contributed by atoms with Crippen LogP contribution in [-0.2, 0) is 9.53 Å². The molecule has 0 saturated heterocycles. The van der Waals surface area contributed by atoms with Crippen LogP contribution in [0.3, 0.4) is 0 Å². The Kier molecular flexibility index (Phi) is 5.77. The molecule has 138 valence electrons. The molecule has 0 aliphatic heterocycles. The highest BCUT2D eigenvalue weighted by Crippen LogP contribution is 2.61. The maximum Gasteiger partial charge on any atom is 0.344 e. The number of carbonyl (C=O) groups is 1. The molecule has 3 aliphatic rings. The third-order valence-electron chi connectivity index (χ3n) is 6.07. The molecule has 2 bridgehead atoms. The van der Waals surface area contributed by atoms with Crippen molar-refractivity contribution in [2.24, 2.45) is 23.2 Å². The van der Waals surface area contributed by atoms with Crippen LogP contribution in [0, 0.1) is 23.2 Å². The summed E-state index contributed by atoms with van der Waals surface area (Å²) in [7, 11) is 0. The minimum absolute atomic E-state index is 0.195. The SMILES string of the molecule is CC1(C)C2CCC(CCOC(=O)COc3cc(Cl)c(Cl)cc3Cl)C1C2. The monoisotopic (exact) mass is 404 g/mol. The number of rotatable bonds is 6. The summed E-state index contributed by atoms with van der Waals surface area (Å²) in [6, 6.07) is 2.99. The second-order valence-electron chi connectivity index (χ2n) is 7.69. The zero-order chi connectivity index (χ0) is 18.2. The van der Waals surface area contributed by atoms with Gasteiger partial charge in [-0.15, -0.1) is 0 Å². The van der Waals surface area contributed by atoms with Crippen LogP contribution in [0.4, 0.5) is 0 Å². The van der Waals surface area contributed by atoms with Gasteiger partial charge in [0, 0.05) is 6.07 Å². The van der Waals surface area contributed by atoms with E-state index in [2.05, 4.69) is 13.8 Å². The molecule has 4 rings (SSSR count). The summed E-state index contributed by atoms with van der Waals surface area (Å²) in [6.45, 7) is 5.00. The van der Waals surface area contributed by atoms with Gasteiger partial charge >= 0.3 is 5.97 Å². The highest BCUT2D eigenvalue weighted by molar-refractivity contribution is 6.43. The lowest BCUT2D eigenvalue weighted by atomic mass is 9.45. The van der Waals surface area contributed by atoms with Crippen LogP contribution in [0.15, 0.2) is 12.1 Å². The normalized spacial score (nSPS) is 26.7. The Bertz CT molecular complexity index is 658. The van der Waals surface area contributed by atoms with Crippen LogP contribution in [0.25, 0.3) is 0 Å². The standard InChI is InChI=1S/C19H23Cl3O3/c1-19(2)12-4-3-11(13(19)7-12)5-6-24-18(23)10-25-17-9-15(21)14(20)8-16(17)22/h8-9,11-13H,3-7,10H2,1-2H3. The molecule has 0 radical (unpaired) electrons. The van der Waals surface area contributed by atoms with Gasteiger partial charge in [-0.2, -0.15) is 0 Å². The molecule has 3 fully saturated rings. The van der Waals surface area contributed by atoms with Gasteiger partial charge in [-0.1, -0.05) is 48.7 Å². The van der Waals surface area contributed by atoms with Crippen molar-refractivity contribution in [2.75, 3.05) is 13.2 Å². The van der Waals surface area contributed by atoms with E-state index in [0.717, 1.165) is 18.3 Å². The van der Waals surface area contributed by atoms with Crippen molar-refractivity contribution in [1.82, 2.24) is 0 Å². The fourth-order valence-electron chi connectivity index (χ4n) is 4.43. The number of hydrogen-bond acceptors (Lipinski definition) is 3. The molecule has 6 heteroatoms. The fourth-order valence-corrected chi connectivity index (χ4v) is 5.02. The van der Waals surface area contributed by atoms with Crippen LogP contribution in [0.2, 0.25) is 15.1 Å². The smallest absolute Gasteiger partial charge is 0.344 e. The quantitative estimate of drug-likeness (QED) is 0.428. The molecule has 0 N–H and O–H groups in total. The molecule has 0 amide bonds. The lowest BCUT2D eigenvalue weighted by Crippen LogP contribution is -2.52. The highest BCUT2D eigenvalue weighted by atomic mass is 35.5. The third-order valence-corrected chi connectivity index (χ3v) is 7.09. The Hall–Kier alpha value is -0.640. The van der Waals surface area contributed by atoms with Crippen molar-refractivity contribution < 1.29 is 14.3 Å². The van der Waals surface area contributed by atoms with E-state index in [4.69, 9.17) is 44.3 Å². The second-order valence-corrected chi connectivity index (χ2v) is 8.91. The first-order chi connectivity index (χ1) is 11.8. The molecule has 0 spiro atoms. The van der Waals surface area contributed by atoms with Crippen molar-refractivity contribution in [2.45, 2.75) is 39.5 Å². The van der Waals surface area contributed by atoms with Crippen LogP contribution < -0.4 is 4.74 Å². The molecule has 0 heterocycles. The van der Waals surface area contributed by atoms with Gasteiger partial charge in [0.05, 0.1) is 21.7 Å². The van der Waals surface area contributed by atoms with Gasteiger partial charge in [0.1, 0.15) is 5.75 Å². The molecule has 3 nitrogen and oxygen atoms in total. The van der Waals surface area contributed by atoms with E-state index in [9.17, 15) is 4.79 Å². The van der Waals surface area contributed by atoms with Gasteiger partial charge in [-0.05, 0) is 54.9 Å². The second kappa shape index (κ2) is 7.54. The first-order valence-corrected chi connectivity index (χ1v) is 9.85. The van der Waals surface area contributed by atoms with Gasteiger partial charge in [0.25, 0.3) is 0 Å². The van der Waals surface area contributed by atoms with Crippen molar-refractivity contribution >= 4 is 40.8 Å². The van der Waals surface area contributed by atoms with Crippen LogP contribution >= 0.6 is 34.8 Å². The van der Waals surface area contributed by atoms with Gasteiger partial charge in [-0.25, -0.2) is 4.79 Å². The summed E-state index contributed by atoms with van der Waals surface area (Å²) < 4.78 is 10.7. The summed E-state index contributed by atoms with van der Waals surface area (Å²) in [5.41, 5.74) is 0.459. The topological polar surface area (TPSA) is 35.5 Å². The first-order valence-electron chi connectivity index (χ1n) is 8.72. The summed E-state index contributed by atoms with van der Waals surface area (Å²) in [4.78, 5) is 11.9. The Morgan fingerprint density at radius 2 is 1.88 bits per heavy atom. The number of hydrogen-bond donors (Lipinski definition) is 0. The van der Waals surface area contributed by atoms with Gasteiger partial charge < -0.3 is 9.47 Å². The van der Waals surface area contributed by atoms with E-state index < -0.39 is 5.97 Å². The van der Waals surface area contributed by atoms with Crippen molar-refractivity contribution in [3.05, 3.63) is 27.2 Å². The van der Waals surface area contributed by atoms with E-state index >= 15 is 0 Å². The largest absolute Gasteiger partial charge is 0.480 e. The predicted octanol–water partition coefficient (Wildman–Crippen LogP) is 6.03. The molecule has 3 aliphatic carbocycles. The lowest BCUT2D eigenvalue weighted by Gasteiger charge is -2.60. The van der Waals surface area contributed by atoms with Crippen molar-refractivity contribution in [1.29, 1.82) is 0 Å².